The smallest absolute Gasteiger partial charge is 0.338 e. The van der Waals surface area contributed by atoms with E-state index in [0.717, 1.165) is 17.1 Å². The normalized spacial score (nSPS) is 10.4. The first-order chi connectivity index (χ1) is 10.6. The van der Waals surface area contributed by atoms with E-state index in [1.807, 2.05) is 12.3 Å². The van der Waals surface area contributed by atoms with Gasteiger partial charge < -0.3 is 14.2 Å². The fourth-order valence-electron chi connectivity index (χ4n) is 1.79. The predicted molar refractivity (Wildman–Crippen MR) is 87.9 cm³/mol. The van der Waals surface area contributed by atoms with Crippen molar-refractivity contribution in [3.05, 3.63) is 38.3 Å². The van der Waals surface area contributed by atoms with E-state index in [9.17, 15) is 4.79 Å². The molecule has 2 aromatic rings. The number of methoxy groups -OCH3 is 2. The third-order valence-electron chi connectivity index (χ3n) is 2.93. The summed E-state index contributed by atoms with van der Waals surface area (Å²) in [7, 11) is 3.05. The molecule has 0 atom stereocenters. The third-order valence-corrected chi connectivity index (χ3v) is 4.76. The molecule has 22 heavy (non-hydrogen) atoms. The summed E-state index contributed by atoms with van der Waals surface area (Å²) >= 11 is 4.92. The Morgan fingerprint density at radius 3 is 2.41 bits per heavy atom. The highest BCUT2D eigenvalue weighted by Gasteiger charge is 2.16. The van der Waals surface area contributed by atoms with Gasteiger partial charge in [-0.05, 0) is 34.5 Å². The lowest BCUT2D eigenvalue weighted by molar-refractivity contribution is 0.0467. The number of carbonyl (C=O) groups is 1. The Hall–Kier alpha value is -1.60. The Balaban J connectivity index is 2.11. The zero-order chi connectivity index (χ0) is 16.1. The maximum absolute atomic E-state index is 12.2. The number of ether oxygens (including phenoxy) is 3. The van der Waals surface area contributed by atoms with E-state index in [4.69, 9.17) is 14.2 Å². The topological polar surface area (TPSA) is 57.7 Å². The van der Waals surface area contributed by atoms with Gasteiger partial charge in [-0.1, -0.05) is 6.92 Å². The van der Waals surface area contributed by atoms with Gasteiger partial charge in [0.25, 0.3) is 0 Å². The van der Waals surface area contributed by atoms with Crippen LogP contribution < -0.4 is 9.47 Å². The molecule has 1 aromatic heterocycles. The molecule has 0 aliphatic rings. The van der Waals surface area contributed by atoms with E-state index >= 15 is 0 Å². The van der Waals surface area contributed by atoms with Crippen LogP contribution in [-0.4, -0.2) is 25.2 Å². The van der Waals surface area contributed by atoms with Gasteiger partial charge in [-0.15, -0.1) is 11.3 Å². The van der Waals surface area contributed by atoms with Crippen molar-refractivity contribution in [3.63, 3.8) is 0 Å². The van der Waals surface area contributed by atoms with Crippen LogP contribution >= 0.6 is 27.3 Å². The van der Waals surface area contributed by atoms with Gasteiger partial charge in [0.2, 0.25) is 0 Å². The van der Waals surface area contributed by atoms with E-state index in [1.165, 1.54) is 14.2 Å². The minimum absolute atomic E-state index is 0.149. The molecule has 7 heteroatoms. The highest BCUT2D eigenvalue weighted by Crippen LogP contribution is 2.35. The molecule has 0 spiro atoms. The quantitative estimate of drug-likeness (QED) is 0.706. The van der Waals surface area contributed by atoms with Crippen molar-refractivity contribution in [2.45, 2.75) is 20.0 Å². The van der Waals surface area contributed by atoms with Crippen LogP contribution in [0.5, 0.6) is 11.5 Å². The van der Waals surface area contributed by atoms with E-state index in [-0.39, 0.29) is 6.61 Å². The molecule has 2 rings (SSSR count). The highest BCUT2D eigenvalue weighted by molar-refractivity contribution is 9.10. The largest absolute Gasteiger partial charge is 0.495 e. The molecule has 0 radical (unpaired) electrons. The second kappa shape index (κ2) is 7.60. The SMILES string of the molecule is CCc1nc(COC(=O)c2cc(OC)c(Br)c(OC)c2)cs1. The molecule has 0 fully saturated rings. The lowest BCUT2D eigenvalue weighted by Crippen LogP contribution is -2.06. The van der Waals surface area contributed by atoms with Crippen LogP contribution in [0.3, 0.4) is 0 Å². The summed E-state index contributed by atoms with van der Waals surface area (Å²) in [5.41, 5.74) is 1.12. The van der Waals surface area contributed by atoms with Crippen LogP contribution in [0.2, 0.25) is 0 Å². The summed E-state index contributed by atoms with van der Waals surface area (Å²) in [5, 5.41) is 2.92. The summed E-state index contributed by atoms with van der Waals surface area (Å²) in [6, 6.07) is 3.21. The molecule has 0 amide bonds. The number of benzene rings is 1. The highest BCUT2D eigenvalue weighted by atomic mass is 79.9. The zero-order valence-corrected chi connectivity index (χ0v) is 14.9. The van der Waals surface area contributed by atoms with Gasteiger partial charge in [0, 0.05) is 5.38 Å². The number of thiazole rings is 1. The van der Waals surface area contributed by atoms with Crippen LogP contribution in [-0.2, 0) is 17.8 Å². The number of hydrogen-bond acceptors (Lipinski definition) is 6. The molecule has 1 aromatic carbocycles. The molecule has 0 N–H and O–H groups in total. The van der Waals surface area contributed by atoms with Crippen LogP contribution in [0.4, 0.5) is 0 Å². The fraction of sp³-hybridized carbons (Fsp3) is 0.333. The van der Waals surface area contributed by atoms with E-state index < -0.39 is 5.97 Å². The Morgan fingerprint density at radius 2 is 1.91 bits per heavy atom. The monoisotopic (exact) mass is 385 g/mol. The Kier molecular flexibility index (Phi) is 5.79. The number of nitrogens with zero attached hydrogens (tertiary/aromatic N) is 1. The van der Waals surface area contributed by atoms with Gasteiger partial charge in [0.05, 0.1) is 30.5 Å². The number of hydrogen-bond donors (Lipinski definition) is 0. The molecule has 0 bridgehead atoms. The molecule has 1 heterocycles. The van der Waals surface area contributed by atoms with Gasteiger partial charge >= 0.3 is 5.97 Å². The van der Waals surface area contributed by atoms with Crippen molar-refractivity contribution in [3.8, 4) is 11.5 Å². The van der Waals surface area contributed by atoms with Gasteiger partial charge in [-0.3, -0.25) is 0 Å². The Morgan fingerprint density at radius 1 is 1.27 bits per heavy atom. The predicted octanol–water partition coefficient (Wildman–Crippen LogP) is 3.84. The number of aryl methyl sites for hydroxylation is 1. The van der Waals surface area contributed by atoms with Crippen molar-refractivity contribution in [2.75, 3.05) is 14.2 Å². The second-order valence-electron chi connectivity index (χ2n) is 4.36. The standard InChI is InChI=1S/C15H16BrNO4S/c1-4-13-17-10(8-22-13)7-21-15(18)9-5-11(19-2)14(16)12(6-9)20-3/h5-6,8H,4,7H2,1-3H3. The first kappa shape index (κ1) is 16.8. The first-order valence-corrected chi connectivity index (χ1v) is 8.28. The van der Waals surface area contributed by atoms with E-state index in [0.29, 0.717) is 21.5 Å². The van der Waals surface area contributed by atoms with Gasteiger partial charge in [0.15, 0.2) is 0 Å². The maximum atomic E-state index is 12.2. The van der Waals surface area contributed by atoms with Crippen molar-refractivity contribution in [2.24, 2.45) is 0 Å². The fourth-order valence-corrected chi connectivity index (χ4v) is 3.07. The summed E-state index contributed by atoms with van der Waals surface area (Å²) in [6.45, 7) is 2.19. The number of carbonyl (C=O) groups excluding carboxylic acids is 1. The lowest BCUT2D eigenvalue weighted by atomic mass is 10.2. The minimum Gasteiger partial charge on any atom is -0.495 e. The van der Waals surface area contributed by atoms with Gasteiger partial charge in [-0.2, -0.15) is 0 Å². The van der Waals surface area contributed by atoms with Crippen LogP contribution in [0.15, 0.2) is 22.0 Å². The van der Waals surface area contributed by atoms with Crippen LogP contribution in [0.25, 0.3) is 0 Å². The Bertz CT molecular complexity index is 646. The number of halogens is 1. The van der Waals surface area contributed by atoms with E-state index in [2.05, 4.69) is 20.9 Å². The van der Waals surface area contributed by atoms with Crippen molar-refractivity contribution in [1.29, 1.82) is 0 Å². The molecule has 0 aliphatic heterocycles. The molecule has 0 saturated carbocycles. The van der Waals surface area contributed by atoms with Crippen molar-refractivity contribution >= 4 is 33.2 Å². The zero-order valence-electron chi connectivity index (χ0n) is 12.5. The maximum Gasteiger partial charge on any atom is 0.338 e. The van der Waals surface area contributed by atoms with E-state index in [1.54, 1.807) is 23.5 Å². The molecular formula is C15H16BrNO4S. The summed E-state index contributed by atoms with van der Waals surface area (Å²) in [5.74, 6) is 0.566. The summed E-state index contributed by atoms with van der Waals surface area (Å²) < 4.78 is 16.4. The molecule has 0 saturated heterocycles. The lowest BCUT2D eigenvalue weighted by Gasteiger charge is -2.11. The Labute approximate surface area is 141 Å². The molecule has 0 unspecified atom stereocenters. The number of esters is 1. The second-order valence-corrected chi connectivity index (χ2v) is 6.09. The van der Waals surface area contributed by atoms with Crippen LogP contribution in [0.1, 0.15) is 28.0 Å². The summed E-state index contributed by atoms with van der Waals surface area (Å²) in [4.78, 5) is 16.5. The molecule has 5 nitrogen and oxygen atoms in total. The first-order valence-electron chi connectivity index (χ1n) is 6.61. The third kappa shape index (κ3) is 3.78. The van der Waals surface area contributed by atoms with Crippen molar-refractivity contribution in [1.82, 2.24) is 4.98 Å². The van der Waals surface area contributed by atoms with Crippen LogP contribution in [0, 0.1) is 0 Å². The average molecular weight is 386 g/mol. The van der Waals surface area contributed by atoms with Crippen molar-refractivity contribution < 1.29 is 19.0 Å². The molecule has 118 valence electrons. The van der Waals surface area contributed by atoms with Gasteiger partial charge in [-0.25, -0.2) is 9.78 Å². The number of aromatic nitrogens is 1. The average Bonchev–Trinajstić information content (AvgIpc) is 3.00. The molecule has 0 aliphatic carbocycles. The molecular weight excluding hydrogens is 370 g/mol. The summed E-state index contributed by atoms with van der Waals surface area (Å²) in [6.07, 6.45) is 0.875. The van der Waals surface area contributed by atoms with Gasteiger partial charge in [0.1, 0.15) is 22.6 Å². The minimum atomic E-state index is -0.449. The number of rotatable bonds is 6.